The molecule has 28 heavy (non-hydrogen) atoms. The second kappa shape index (κ2) is 8.91. The van der Waals surface area contributed by atoms with E-state index < -0.39 is 0 Å². The molecule has 1 N–H and O–H groups in total. The molecule has 7 heteroatoms. The van der Waals surface area contributed by atoms with Crippen molar-refractivity contribution in [3.63, 3.8) is 0 Å². The molecule has 0 amide bonds. The average Bonchev–Trinajstić information content (AvgIpc) is 3.14. The van der Waals surface area contributed by atoms with Crippen molar-refractivity contribution in [2.75, 3.05) is 19.0 Å². The molecule has 1 aliphatic rings. The van der Waals surface area contributed by atoms with Gasteiger partial charge in [0.05, 0.1) is 13.7 Å². The summed E-state index contributed by atoms with van der Waals surface area (Å²) in [6, 6.07) is 5.42. The van der Waals surface area contributed by atoms with Gasteiger partial charge in [0.15, 0.2) is 17.3 Å². The molecule has 0 radical (unpaired) electrons. The van der Waals surface area contributed by atoms with Gasteiger partial charge >= 0.3 is 0 Å². The molecule has 1 aliphatic heterocycles. The SMILES string of the molecule is CCCCCCOc1ccc(C2C(C(C)=O)=C(C)Nc3ncnn32)cc1OC. The van der Waals surface area contributed by atoms with Crippen molar-refractivity contribution >= 4 is 11.7 Å². The third-order valence-electron chi connectivity index (χ3n) is 4.93. The highest BCUT2D eigenvalue weighted by Gasteiger charge is 2.32. The molecule has 0 saturated carbocycles. The lowest BCUT2D eigenvalue weighted by atomic mass is 9.93. The van der Waals surface area contributed by atoms with Gasteiger partial charge in [0.1, 0.15) is 12.4 Å². The minimum Gasteiger partial charge on any atom is -0.493 e. The van der Waals surface area contributed by atoms with Gasteiger partial charge in [-0.2, -0.15) is 10.1 Å². The maximum absolute atomic E-state index is 12.4. The molecule has 2 aromatic rings. The standard InChI is InChI=1S/C21H28N4O3/c1-5-6-7-8-11-28-17-10-9-16(12-18(17)27-4)20-19(15(3)26)14(2)24-21-22-13-23-25(20)21/h9-10,12-13,20H,5-8,11H2,1-4H3,(H,22,23,24). The van der Waals surface area contributed by atoms with Crippen LogP contribution in [0.4, 0.5) is 5.95 Å². The Labute approximate surface area is 165 Å². The maximum Gasteiger partial charge on any atom is 0.226 e. The molecule has 1 aromatic carbocycles. The van der Waals surface area contributed by atoms with Crippen molar-refractivity contribution in [1.29, 1.82) is 0 Å². The van der Waals surface area contributed by atoms with E-state index in [1.807, 2.05) is 25.1 Å². The quantitative estimate of drug-likeness (QED) is 0.655. The fourth-order valence-electron chi connectivity index (χ4n) is 3.54. The first-order valence-corrected chi connectivity index (χ1v) is 9.75. The lowest BCUT2D eigenvalue weighted by Crippen LogP contribution is -2.27. The summed E-state index contributed by atoms with van der Waals surface area (Å²) in [5, 5.41) is 7.47. The predicted molar refractivity (Wildman–Crippen MR) is 108 cm³/mol. The summed E-state index contributed by atoms with van der Waals surface area (Å²) in [7, 11) is 1.62. The number of benzene rings is 1. The van der Waals surface area contributed by atoms with Crippen LogP contribution in [-0.4, -0.2) is 34.3 Å². The van der Waals surface area contributed by atoms with Crippen LogP contribution in [0.15, 0.2) is 35.8 Å². The van der Waals surface area contributed by atoms with Gasteiger partial charge in [0.2, 0.25) is 5.95 Å². The number of fused-ring (bicyclic) bond motifs is 1. The molecule has 1 aromatic heterocycles. The zero-order valence-corrected chi connectivity index (χ0v) is 17.0. The van der Waals surface area contributed by atoms with Crippen LogP contribution >= 0.6 is 0 Å². The van der Waals surface area contributed by atoms with E-state index >= 15 is 0 Å². The Balaban J connectivity index is 1.89. The number of unbranched alkanes of at least 4 members (excludes halogenated alkanes) is 3. The topological polar surface area (TPSA) is 78.3 Å². The fourth-order valence-corrected chi connectivity index (χ4v) is 3.54. The molecule has 2 heterocycles. The van der Waals surface area contributed by atoms with Crippen LogP contribution in [0.3, 0.4) is 0 Å². The molecule has 1 unspecified atom stereocenters. The van der Waals surface area contributed by atoms with Crippen molar-refractivity contribution < 1.29 is 14.3 Å². The van der Waals surface area contributed by atoms with Crippen molar-refractivity contribution in [2.45, 2.75) is 52.5 Å². The van der Waals surface area contributed by atoms with Crippen LogP contribution < -0.4 is 14.8 Å². The normalized spacial score (nSPS) is 15.8. The molecule has 0 bridgehead atoms. The molecule has 0 fully saturated rings. The van der Waals surface area contributed by atoms with E-state index in [1.165, 1.54) is 19.2 Å². The van der Waals surface area contributed by atoms with Crippen molar-refractivity contribution in [3.05, 3.63) is 41.4 Å². The molecule has 7 nitrogen and oxygen atoms in total. The van der Waals surface area contributed by atoms with Gasteiger partial charge in [0.25, 0.3) is 0 Å². The van der Waals surface area contributed by atoms with E-state index in [0.29, 0.717) is 29.6 Å². The second-order valence-corrected chi connectivity index (χ2v) is 6.97. The number of aromatic nitrogens is 3. The van der Waals surface area contributed by atoms with Crippen molar-refractivity contribution in [1.82, 2.24) is 14.8 Å². The van der Waals surface area contributed by atoms with Gasteiger partial charge in [0, 0.05) is 11.3 Å². The summed E-state index contributed by atoms with van der Waals surface area (Å²) in [6.45, 7) is 6.30. The number of carbonyl (C=O) groups excluding carboxylic acids is 1. The number of nitrogens with zero attached hydrogens (tertiary/aromatic N) is 3. The van der Waals surface area contributed by atoms with Crippen LogP contribution in [0, 0.1) is 0 Å². The number of methoxy groups -OCH3 is 1. The first kappa shape index (κ1) is 19.9. The Morgan fingerprint density at radius 1 is 1.25 bits per heavy atom. The Morgan fingerprint density at radius 3 is 2.79 bits per heavy atom. The highest BCUT2D eigenvalue weighted by Crippen LogP contribution is 2.38. The molecule has 0 saturated heterocycles. The van der Waals surface area contributed by atoms with Gasteiger partial charge in [-0.3, -0.25) is 4.79 Å². The summed E-state index contributed by atoms with van der Waals surface area (Å²) in [6.07, 6.45) is 6.08. The van der Waals surface area contributed by atoms with Crippen molar-refractivity contribution in [2.24, 2.45) is 0 Å². The molecule has 3 rings (SSSR count). The number of hydrogen-bond donors (Lipinski definition) is 1. The van der Waals surface area contributed by atoms with Gasteiger partial charge in [-0.15, -0.1) is 0 Å². The van der Waals surface area contributed by atoms with E-state index in [2.05, 4.69) is 22.3 Å². The highest BCUT2D eigenvalue weighted by molar-refractivity contribution is 5.96. The summed E-state index contributed by atoms with van der Waals surface area (Å²) < 4.78 is 13.2. The molecule has 0 aliphatic carbocycles. The van der Waals surface area contributed by atoms with Crippen LogP contribution in [0.25, 0.3) is 0 Å². The number of allylic oxidation sites excluding steroid dienone is 2. The number of ether oxygens (including phenoxy) is 2. The maximum atomic E-state index is 12.4. The van der Waals surface area contributed by atoms with E-state index in [0.717, 1.165) is 24.1 Å². The summed E-state index contributed by atoms with van der Waals surface area (Å²) in [5.41, 5.74) is 2.34. The predicted octanol–water partition coefficient (Wildman–Crippen LogP) is 4.12. The summed E-state index contributed by atoms with van der Waals surface area (Å²) in [5.74, 6) is 1.96. The third-order valence-corrected chi connectivity index (χ3v) is 4.93. The minimum absolute atomic E-state index is 0.00799. The number of rotatable bonds is 9. The lowest BCUT2D eigenvalue weighted by molar-refractivity contribution is -0.114. The summed E-state index contributed by atoms with van der Waals surface area (Å²) >= 11 is 0. The highest BCUT2D eigenvalue weighted by atomic mass is 16.5. The van der Waals surface area contributed by atoms with Crippen LogP contribution in [0.5, 0.6) is 11.5 Å². The second-order valence-electron chi connectivity index (χ2n) is 6.97. The van der Waals surface area contributed by atoms with E-state index in [4.69, 9.17) is 9.47 Å². The Kier molecular flexibility index (Phi) is 6.34. The monoisotopic (exact) mass is 384 g/mol. The molecular weight excluding hydrogens is 356 g/mol. The number of ketones is 1. The third kappa shape index (κ3) is 4.03. The first-order valence-electron chi connectivity index (χ1n) is 9.75. The number of hydrogen-bond acceptors (Lipinski definition) is 6. The number of anilines is 1. The lowest BCUT2D eigenvalue weighted by Gasteiger charge is -2.28. The van der Waals surface area contributed by atoms with Gasteiger partial charge < -0.3 is 14.8 Å². The van der Waals surface area contributed by atoms with Crippen LogP contribution in [0.2, 0.25) is 0 Å². The Bertz CT molecular complexity index is 872. The molecule has 0 spiro atoms. The van der Waals surface area contributed by atoms with E-state index in [9.17, 15) is 4.79 Å². The largest absolute Gasteiger partial charge is 0.493 e. The van der Waals surface area contributed by atoms with Crippen molar-refractivity contribution in [3.8, 4) is 11.5 Å². The average molecular weight is 384 g/mol. The van der Waals surface area contributed by atoms with E-state index in [-0.39, 0.29) is 11.8 Å². The van der Waals surface area contributed by atoms with Gasteiger partial charge in [-0.25, -0.2) is 4.68 Å². The smallest absolute Gasteiger partial charge is 0.226 e. The number of carbonyl (C=O) groups is 1. The van der Waals surface area contributed by atoms with Crippen LogP contribution in [-0.2, 0) is 4.79 Å². The number of nitrogens with one attached hydrogen (secondary N) is 1. The summed E-state index contributed by atoms with van der Waals surface area (Å²) in [4.78, 5) is 16.6. The molecule has 150 valence electrons. The zero-order valence-electron chi connectivity index (χ0n) is 17.0. The molecular formula is C21H28N4O3. The fraction of sp³-hybridized carbons (Fsp3) is 0.476. The minimum atomic E-state index is -0.358. The Morgan fingerprint density at radius 2 is 2.07 bits per heavy atom. The molecule has 1 atom stereocenters. The Hall–Kier alpha value is -2.83. The van der Waals surface area contributed by atoms with Crippen LogP contribution in [0.1, 0.15) is 58.1 Å². The first-order chi connectivity index (χ1) is 13.6. The van der Waals surface area contributed by atoms with Gasteiger partial charge in [-0.05, 0) is 38.0 Å². The zero-order chi connectivity index (χ0) is 20.1. The number of Topliss-reactive ketones (excluding diaryl/α,β-unsaturated/α-hetero) is 1. The van der Waals surface area contributed by atoms with Gasteiger partial charge in [-0.1, -0.05) is 32.3 Å². The van der Waals surface area contributed by atoms with E-state index in [1.54, 1.807) is 18.7 Å².